The van der Waals surface area contributed by atoms with E-state index >= 15 is 0 Å². The quantitative estimate of drug-likeness (QED) is 0.496. The summed E-state index contributed by atoms with van der Waals surface area (Å²) in [6.07, 6.45) is 1.52. The van der Waals surface area contributed by atoms with E-state index in [4.69, 9.17) is 16.3 Å². The van der Waals surface area contributed by atoms with Gasteiger partial charge in [-0.25, -0.2) is 9.37 Å². The lowest BCUT2D eigenvalue weighted by Gasteiger charge is -1.99. The second kappa shape index (κ2) is 7.86. The Kier molecular flexibility index (Phi) is 5.85. The second-order valence-corrected chi connectivity index (χ2v) is 5.37. The Labute approximate surface area is 135 Å². The van der Waals surface area contributed by atoms with E-state index in [-0.39, 0.29) is 17.4 Å². The Morgan fingerprint density at radius 3 is 3.18 bits per heavy atom. The SMILES string of the molecule is CCOC(=O)Cc1csc(NN=Cc2cccc(F)c2Cl)n1. The molecule has 1 heterocycles. The van der Waals surface area contributed by atoms with Crippen molar-refractivity contribution in [1.82, 2.24) is 4.98 Å². The van der Waals surface area contributed by atoms with E-state index in [0.717, 1.165) is 0 Å². The average Bonchev–Trinajstić information content (AvgIpc) is 2.91. The van der Waals surface area contributed by atoms with Crippen LogP contribution in [0, 0.1) is 5.82 Å². The summed E-state index contributed by atoms with van der Waals surface area (Å²) in [7, 11) is 0. The van der Waals surface area contributed by atoms with Crippen LogP contribution in [0.1, 0.15) is 18.2 Å². The molecule has 0 unspecified atom stereocenters. The summed E-state index contributed by atoms with van der Waals surface area (Å²) in [6.45, 7) is 2.09. The maximum atomic E-state index is 13.2. The molecule has 2 aromatic rings. The highest BCUT2D eigenvalue weighted by Crippen LogP contribution is 2.19. The number of carbonyl (C=O) groups excluding carboxylic acids is 1. The summed E-state index contributed by atoms with van der Waals surface area (Å²) in [5, 5.41) is 6.21. The van der Waals surface area contributed by atoms with Crippen molar-refractivity contribution in [2.45, 2.75) is 13.3 Å². The van der Waals surface area contributed by atoms with Crippen molar-refractivity contribution >= 4 is 40.3 Å². The minimum atomic E-state index is -0.503. The topological polar surface area (TPSA) is 63.6 Å². The van der Waals surface area contributed by atoms with Crippen LogP contribution in [-0.4, -0.2) is 23.8 Å². The first kappa shape index (κ1) is 16.4. The van der Waals surface area contributed by atoms with Gasteiger partial charge in [0, 0.05) is 10.9 Å². The Balaban J connectivity index is 1.94. The van der Waals surface area contributed by atoms with Crippen molar-refractivity contribution in [2.24, 2.45) is 5.10 Å². The van der Waals surface area contributed by atoms with Gasteiger partial charge in [0.15, 0.2) is 0 Å². The maximum Gasteiger partial charge on any atom is 0.311 e. The third kappa shape index (κ3) is 4.51. The van der Waals surface area contributed by atoms with E-state index in [0.29, 0.717) is 23.0 Å². The zero-order chi connectivity index (χ0) is 15.9. The second-order valence-electron chi connectivity index (χ2n) is 4.14. The number of nitrogens with one attached hydrogen (secondary N) is 1. The highest BCUT2D eigenvalue weighted by molar-refractivity contribution is 7.13. The van der Waals surface area contributed by atoms with Gasteiger partial charge >= 0.3 is 5.97 Å². The molecule has 2 rings (SSSR count). The van der Waals surface area contributed by atoms with Crippen LogP contribution in [0.5, 0.6) is 0 Å². The standard InChI is InChI=1S/C14H13ClFN3O2S/c1-2-21-12(20)6-10-8-22-14(18-10)19-17-7-9-4-3-5-11(16)13(9)15/h3-5,7-8H,2,6H2,1H3,(H,18,19). The van der Waals surface area contributed by atoms with Gasteiger partial charge in [0.25, 0.3) is 0 Å². The molecule has 1 aromatic heterocycles. The number of carbonyl (C=O) groups is 1. The molecule has 0 aliphatic carbocycles. The lowest BCUT2D eigenvalue weighted by Crippen LogP contribution is -2.07. The normalized spacial score (nSPS) is 10.9. The van der Waals surface area contributed by atoms with Crippen LogP contribution in [-0.2, 0) is 16.0 Å². The van der Waals surface area contributed by atoms with Crippen molar-refractivity contribution in [3.05, 3.63) is 45.7 Å². The van der Waals surface area contributed by atoms with E-state index in [9.17, 15) is 9.18 Å². The van der Waals surface area contributed by atoms with Gasteiger partial charge in [0.05, 0.1) is 30.0 Å². The Morgan fingerprint density at radius 1 is 1.59 bits per heavy atom. The smallest absolute Gasteiger partial charge is 0.311 e. The molecule has 0 bridgehead atoms. The van der Waals surface area contributed by atoms with Gasteiger partial charge in [-0.15, -0.1) is 11.3 Å². The molecule has 0 spiro atoms. The third-order valence-electron chi connectivity index (χ3n) is 2.53. The molecule has 0 radical (unpaired) electrons. The highest BCUT2D eigenvalue weighted by atomic mass is 35.5. The summed E-state index contributed by atoms with van der Waals surface area (Å²) >= 11 is 7.11. The Hall–Kier alpha value is -1.99. The lowest BCUT2D eigenvalue weighted by molar-refractivity contribution is -0.142. The van der Waals surface area contributed by atoms with Crippen LogP contribution < -0.4 is 5.43 Å². The Bertz CT molecular complexity index is 690. The highest BCUT2D eigenvalue weighted by Gasteiger charge is 2.08. The molecule has 0 saturated heterocycles. The van der Waals surface area contributed by atoms with Crippen LogP contribution in [0.2, 0.25) is 5.02 Å². The number of nitrogens with zero attached hydrogens (tertiary/aromatic N) is 2. The molecule has 5 nitrogen and oxygen atoms in total. The predicted molar refractivity (Wildman–Crippen MR) is 85.1 cm³/mol. The molecule has 1 aromatic carbocycles. The van der Waals surface area contributed by atoms with Gasteiger partial charge in [-0.1, -0.05) is 23.7 Å². The van der Waals surface area contributed by atoms with Crippen molar-refractivity contribution < 1.29 is 13.9 Å². The molecule has 0 saturated carbocycles. The van der Waals surface area contributed by atoms with E-state index in [1.54, 1.807) is 24.4 Å². The molecule has 0 aliphatic rings. The van der Waals surface area contributed by atoms with E-state index < -0.39 is 5.82 Å². The van der Waals surface area contributed by atoms with Crippen molar-refractivity contribution in [1.29, 1.82) is 0 Å². The monoisotopic (exact) mass is 341 g/mol. The van der Waals surface area contributed by atoms with Gasteiger partial charge < -0.3 is 4.74 Å². The minimum absolute atomic E-state index is 0.00943. The first-order valence-corrected chi connectivity index (χ1v) is 7.69. The van der Waals surface area contributed by atoms with Crippen molar-refractivity contribution in [2.75, 3.05) is 12.0 Å². The number of anilines is 1. The molecule has 0 atom stereocenters. The van der Waals surface area contributed by atoms with E-state index in [1.165, 1.54) is 23.6 Å². The van der Waals surface area contributed by atoms with Gasteiger partial charge in [-0.2, -0.15) is 5.10 Å². The number of halogens is 2. The molecular weight excluding hydrogens is 329 g/mol. The predicted octanol–water partition coefficient (Wildman–Crippen LogP) is 3.49. The van der Waals surface area contributed by atoms with Crippen LogP contribution in [0.3, 0.4) is 0 Å². The fourth-order valence-corrected chi connectivity index (χ4v) is 2.41. The molecule has 116 valence electrons. The zero-order valence-corrected chi connectivity index (χ0v) is 13.2. The molecular formula is C14H13ClFN3O2S. The number of hydrogen-bond acceptors (Lipinski definition) is 6. The van der Waals surface area contributed by atoms with Gasteiger partial charge in [-0.05, 0) is 13.0 Å². The van der Waals surface area contributed by atoms with Crippen molar-refractivity contribution in [3.8, 4) is 0 Å². The molecule has 8 heteroatoms. The van der Waals surface area contributed by atoms with E-state index in [2.05, 4.69) is 15.5 Å². The van der Waals surface area contributed by atoms with Crippen LogP contribution >= 0.6 is 22.9 Å². The molecule has 1 N–H and O–H groups in total. The van der Waals surface area contributed by atoms with Crippen LogP contribution in [0.15, 0.2) is 28.7 Å². The number of hydrazone groups is 1. The van der Waals surface area contributed by atoms with Crippen molar-refractivity contribution in [3.63, 3.8) is 0 Å². The largest absolute Gasteiger partial charge is 0.466 e. The van der Waals surface area contributed by atoms with E-state index in [1.807, 2.05) is 0 Å². The number of rotatable bonds is 6. The summed E-state index contributed by atoms with van der Waals surface area (Å²) in [5.41, 5.74) is 3.77. The fourth-order valence-electron chi connectivity index (χ4n) is 1.58. The lowest BCUT2D eigenvalue weighted by atomic mass is 10.2. The van der Waals surface area contributed by atoms with Gasteiger partial charge in [-0.3, -0.25) is 10.2 Å². The summed E-state index contributed by atoms with van der Waals surface area (Å²) in [6, 6.07) is 4.46. The van der Waals surface area contributed by atoms with Crippen LogP contribution in [0.4, 0.5) is 9.52 Å². The number of ether oxygens (including phenoxy) is 1. The fraction of sp³-hybridized carbons (Fsp3) is 0.214. The summed E-state index contributed by atoms with van der Waals surface area (Å²) in [5.74, 6) is -0.828. The van der Waals surface area contributed by atoms with Gasteiger partial charge in [0.2, 0.25) is 5.13 Å². The molecule has 0 aliphatic heterocycles. The Morgan fingerprint density at radius 2 is 2.41 bits per heavy atom. The third-order valence-corrected chi connectivity index (χ3v) is 3.72. The average molecular weight is 342 g/mol. The molecule has 0 amide bonds. The maximum absolute atomic E-state index is 13.2. The number of thiazole rings is 1. The minimum Gasteiger partial charge on any atom is -0.466 e. The number of esters is 1. The van der Waals surface area contributed by atoms with Crippen LogP contribution in [0.25, 0.3) is 0 Å². The first-order chi connectivity index (χ1) is 10.6. The number of aromatic nitrogens is 1. The summed E-state index contributed by atoms with van der Waals surface area (Å²) < 4.78 is 18.1. The number of benzene rings is 1. The first-order valence-electron chi connectivity index (χ1n) is 6.43. The summed E-state index contributed by atoms with van der Waals surface area (Å²) in [4.78, 5) is 15.5. The molecule has 22 heavy (non-hydrogen) atoms. The number of hydrogen-bond donors (Lipinski definition) is 1. The van der Waals surface area contributed by atoms with Gasteiger partial charge in [0.1, 0.15) is 5.82 Å². The molecule has 0 fully saturated rings. The zero-order valence-electron chi connectivity index (χ0n) is 11.7.